The number of pyridine rings is 1. The lowest BCUT2D eigenvalue weighted by atomic mass is 9.95. The summed E-state index contributed by atoms with van der Waals surface area (Å²) in [6.07, 6.45) is 2.21. The van der Waals surface area contributed by atoms with Crippen molar-refractivity contribution in [2.24, 2.45) is 0 Å². The van der Waals surface area contributed by atoms with E-state index in [0.29, 0.717) is 23.1 Å². The normalized spacial score (nSPS) is 11.0. The van der Waals surface area contributed by atoms with E-state index in [9.17, 15) is 14.3 Å². The predicted molar refractivity (Wildman–Crippen MR) is 104 cm³/mol. The second-order valence-corrected chi connectivity index (χ2v) is 6.53. The van der Waals surface area contributed by atoms with Crippen LogP contribution >= 0.6 is 0 Å². The number of halogens is 1. The molecular weight excluding hydrogens is 341 g/mol. The summed E-state index contributed by atoms with van der Waals surface area (Å²) >= 11 is 0. The summed E-state index contributed by atoms with van der Waals surface area (Å²) in [5.74, 6) is -1.26. The van der Waals surface area contributed by atoms with Gasteiger partial charge in [-0.25, -0.2) is 9.18 Å². The van der Waals surface area contributed by atoms with Crippen LogP contribution in [0.5, 0.6) is 0 Å². The number of aromatic nitrogens is 1. The van der Waals surface area contributed by atoms with Gasteiger partial charge in [0.1, 0.15) is 5.82 Å². The summed E-state index contributed by atoms with van der Waals surface area (Å²) < 4.78 is 16.0. The molecule has 4 aromatic rings. The van der Waals surface area contributed by atoms with Gasteiger partial charge < -0.3 is 9.51 Å². The van der Waals surface area contributed by atoms with Crippen molar-refractivity contribution in [1.29, 1.82) is 0 Å². The van der Waals surface area contributed by atoms with Crippen LogP contribution in [0.3, 0.4) is 0 Å². The van der Waals surface area contributed by atoms with Crippen LogP contribution in [0, 0.1) is 12.7 Å². The van der Waals surface area contributed by atoms with Gasteiger partial charge in [0.2, 0.25) is 0 Å². The molecule has 0 amide bonds. The summed E-state index contributed by atoms with van der Waals surface area (Å²) in [6, 6.07) is 20.1. The van der Waals surface area contributed by atoms with Crippen molar-refractivity contribution in [3.8, 4) is 11.3 Å². The second-order valence-electron chi connectivity index (χ2n) is 6.53. The number of carboxylic acids is 1. The van der Waals surface area contributed by atoms with Gasteiger partial charge in [-0.1, -0.05) is 48.5 Å². The molecule has 0 fully saturated rings. The average molecular weight is 359 g/mol. The number of fused-ring (bicyclic) bond motifs is 1. The van der Waals surface area contributed by atoms with Crippen molar-refractivity contribution in [3.05, 3.63) is 101 Å². The summed E-state index contributed by atoms with van der Waals surface area (Å²) in [4.78, 5) is 12.1. The van der Waals surface area contributed by atoms with E-state index in [-0.39, 0.29) is 11.4 Å². The molecular formula is C23H18FNO2. The van der Waals surface area contributed by atoms with Crippen molar-refractivity contribution in [2.75, 3.05) is 0 Å². The highest BCUT2D eigenvalue weighted by Crippen LogP contribution is 2.34. The molecule has 0 aliphatic heterocycles. The average Bonchev–Trinajstić information content (AvgIpc) is 3.00. The number of nitrogens with zero attached hydrogens (tertiary/aromatic N) is 1. The number of hydrogen-bond acceptors (Lipinski definition) is 1. The highest BCUT2D eigenvalue weighted by Gasteiger charge is 2.24. The van der Waals surface area contributed by atoms with Crippen LogP contribution in [0.1, 0.15) is 27.0 Å². The van der Waals surface area contributed by atoms with E-state index in [1.165, 1.54) is 6.07 Å². The summed E-state index contributed by atoms with van der Waals surface area (Å²) in [5, 5.41) is 9.94. The molecule has 0 aliphatic rings. The van der Waals surface area contributed by atoms with Gasteiger partial charge in [-0.2, -0.15) is 0 Å². The first kappa shape index (κ1) is 17.0. The largest absolute Gasteiger partial charge is 0.478 e. The third kappa shape index (κ3) is 2.89. The van der Waals surface area contributed by atoms with Crippen molar-refractivity contribution < 1.29 is 14.3 Å². The van der Waals surface area contributed by atoms with Gasteiger partial charge in [-0.05, 0) is 47.4 Å². The number of rotatable bonds is 4. The molecule has 27 heavy (non-hydrogen) atoms. The number of carbonyl (C=O) groups is 1. The Balaban J connectivity index is 2.04. The highest BCUT2D eigenvalue weighted by molar-refractivity contribution is 6.01. The van der Waals surface area contributed by atoms with E-state index >= 15 is 0 Å². The molecule has 0 saturated carbocycles. The minimum atomic E-state index is -0.982. The Morgan fingerprint density at radius 2 is 1.74 bits per heavy atom. The third-order valence-corrected chi connectivity index (χ3v) is 4.95. The molecule has 134 valence electrons. The molecule has 0 aliphatic carbocycles. The molecule has 4 rings (SSSR count). The summed E-state index contributed by atoms with van der Waals surface area (Å²) in [6.45, 7) is 1.73. The van der Waals surface area contributed by atoms with Crippen molar-refractivity contribution in [2.45, 2.75) is 13.3 Å². The maximum Gasteiger partial charge on any atom is 0.338 e. The van der Waals surface area contributed by atoms with Crippen LogP contribution in [0.25, 0.3) is 16.8 Å². The van der Waals surface area contributed by atoms with E-state index in [1.807, 2.05) is 59.1 Å². The smallest absolute Gasteiger partial charge is 0.338 e. The number of benzene rings is 2. The third-order valence-electron chi connectivity index (χ3n) is 4.95. The van der Waals surface area contributed by atoms with Crippen molar-refractivity contribution in [3.63, 3.8) is 0 Å². The molecule has 0 saturated heterocycles. The fraction of sp³-hybridized carbons (Fsp3) is 0.0870. The molecule has 0 atom stereocenters. The van der Waals surface area contributed by atoms with Crippen LogP contribution in [0.2, 0.25) is 0 Å². The van der Waals surface area contributed by atoms with Gasteiger partial charge in [-0.3, -0.25) is 0 Å². The summed E-state index contributed by atoms with van der Waals surface area (Å²) in [5.41, 5.74) is 4.66. The fourth-order valence-corrected chi connectivity index (χ4v) is 3.61. The Kier molecular flexibility index (Phi) is 4.24. The maximum atomic E-state index is 14.0. The van der Waals surface area contributed by atoms with Gasteiger partial charge in [0.25, 0.3) is 0 Å². The van der Waals surface area contributed by atoms with Crippen LogP contribution in [0.4, 0.5) is 4.39 Å². The van der Waals surface area contributed by atoms with Gasteiger partial charge in [0.15, 0.2) is 0 Å². The van der Waals surface area contributed by atoms with Crippen LogP contribution in [0.15, 0.2) is 72.9 Å². The number of carboxylic acid groups (broad SMARTS) is 1. The Labute approximate surface area is 156 Å². The molecule has 4 heteroatoms. The van der Waals surface area contributed by atoms with Gasteiger partial charge >= 0.3 is 5.97 Å². The van der Waals surface area contributed by atoms with E-state index in [4.69, 9.17) is 0 Å². The minimum absolute atomic E-state index is 0.262. The molecule has 1 N–H and O–H groups in total. The van der Waals surface area contributed by atoms with E-state index in [2.05, 4.69) is 0 Å². The first-order chi connectivity index (χ1) is 13.1. The van der Waals surface area contributed by atoms with Crippen LogP contribution in [-0.2, 0) is 6.42 Å². The Bertz CT molecular complexity index is 1150. The first-order valence-corrected chi connectivity index (χ1v) is 8.72. The molecule has 2 aromatic carbocycles. The lowest BCUT2D eigenvalue weighted by Gasteiger charge is -2.10. The Morgan fingerprint density at radius 3 is 2.48 bits per heavy atom. The predicted octanol–water partition coefficient (Wildman–Crippen LogP) is 5.34. The lowest BCUT2D eigenvalue weighted by Crippen LogP contribution is -2.03. The highest BCUT2D eigenvalue weighted by atomic mass is 19.1. The van der Waals surface area contributed by atoms with E-state index in [0.717, 1.165) is 16.8 Å². The Hall–Kier alpha value is -3.40. The molecule has 0 radical (unpaired) electrons. The molecule has 3 nitrogen and oxygen atoms in total. The standard InChI is InChI=1S/C23H18FNO2/c1-15-17(10-7-11-19(15)24)14-18-21(23(26)27)20-12-5-6-13-25(20)22(18)16-8-3-2-4-9-16/h2-13H,14H2,1H3,(H,26,27). The zero-order chi connectivity index (χ0) is 19.0. The molecule has 0 spiro atoms. The molecule has 2 heterocycles. The molecule has 0 bridgehead atoms. The summed E-state index contributed by atoms with van der Waals surface area (Å²) in [7, 11) is 0. The minimum Gasteiger partial charge on any atom is -0.478 e. The zero-order valence-corrected chi connectivity index (χ0v) is 14.8. The Morgan fingerprint density at radius 1 is 1.00 bits per heavy atom. The topological polar surface area (TPSA) is 41.7 Å². The van der Waals surface area contributed by atoms with Gasteiger partial charge in [0, 0.05) is 12.6 Å². The van der Waals surface area contributed by atoms with Gasteiger partial charge in [0.05, 0.1) is 16.8 Å². The fourth-order valence-electron chi connectivity index (χ4n) is 3.61. The lowest BCUT2D eigenvalue weighted by molar-refractivity contribution is 0.0698. The quantitative estimate of drug-likeness (QED) is 0.534. The van der Waals surface area contributed by atoms with Crippen LogP contribution in [-0.4, -0.2) is 15.5 Å². The van der Waals surface area contributed by atoms with Crippen molar-refractivity contribution >= 4 is 11.5 Å². The second kappa shape index (κ2) is 6.72. The van der Waals surface area contributed by atoms with E-state index in [1.54, 1.807) is 19.1 Å². The molecule has 0 unspecified atom stereocenters. The molecule has 2 aromatic heterocycles. The number of aromatic carboxylic acids is 1. The maximum absolute atomic E-state index is 14.0. The SMILES string of the molecule is Cc1c(F)cccc1Cc1c(C(=O)O)c2ccccn2c1-c1ccccc1. The zero-order valence-electron chi connectivity index (χ0n) is 14.8. The van der Waals surface area contributed by atoms with E-state index < -0.39 is 5.97 Å². The van der Waals surface area contributed by atoms with Crippen LogP contribution < -0.4 is 0 Å². The van der Waals surface area contributed by atoms with Gasteiger partial charge in [-0.15, -0.1) is 0 Å². The van der Waals surface area contributed by atoms with Crippen molar-refractivity contribution in [1.82, 2.24) is 4.40 Å². The first-order valence-electron chi connectivity index (χ1n) is 8.72. The number of hydrogen-bond donors (Lipinski definition) is 1. The monoisotopic (exact) mass is 359 g/mol.